The number of hydrogen-bond acceptors (Lipinski definition) is 2. The summed E-state index contributed by atoms with van der Waals surface area (Å²) in [6, 6.07) is 14.5. The van der Waals surface area contributed by atoms with E-state index in [1.807, 2.05) is 18.2 Å². The highest BCUT2D eigenvalue weighted by Gasteiger charge is 2.05. The molecule has 2 aromatic carbocycles. The first-order chi connectivity index (χ1) is 9.04. The fourth-order valence-corrected chi connectivity index (χ4v) is 2.57. The van der Waals surface area contributed by atoms with Crippen LogP contribution in [0.15, 0.2) is 46.9 Å². The van der Waals surface area contributed by atoms with Gasteiger partial charge in [0, 0.05) is 23.2 Å². The van der Waals surface area contributed by atoms with Crippen LogP contribution in [0.25, 0.3) is 0 Å². The van der Waals surface area contributed by atoms with Gasteiger partial charge >= 0.3 is 0 Å². The summed E-state index contributed by atoms with van der Waals surface area (Å²) in [7, 11) is 2.13. The summed E-state index contributed by atoms with van der Waals surface area (Å²) in [6.45, 7) is 3.98. The van der Waals surface area contributed by atoms with Gasteiger partial charge in [0.1, 0.15) is 0 Å². The highest BCUT2D eigenvalue weighted by molar-refractivity contribution is 9.10. The van der Waals surface area contributed by atoms with Gasteiger partial charge in [-0.15, -0.1) is 0 Å². The molecule has 19 heavy (non-hydrogen) atoms. The molecule has 2 nitrogen and oxygen atoms in total. The van der Waals surface area contributed by atoms with Crippen LogP contribution in [-0.4, -0.2) is 11.9 Å². The Morgan fingerprint density at radius 2 is 1.89 bits per heavy atom. The summed E-state index contributed by atoms with van der Waals surface area (Å²) in [6.07, 6.45) is 0. The third-order valence-electron chi connectivity index (χ3n) is 3.15. The Morgan fingerprint density at radius 3 is 2.63 bits per heavy atom. The number of nitrogens with two attached hydrogens (primary N) is 1. The zero-order valence-corrected chi connectivity index (χ0v) is 12.9. The molecule has 0 saturated carbocycles. The minimum absolute atomic E-state index is 0.824. The molecule has 0 amide bonds. The van der Waals surface area contributed by atoms with E-state index in [1.54, 1.807) is 0 Å². The van der Waals surface area contributed by atoms with Crippen molar-refractivity contribution < 1.29 is 0 Å². The summed E-state index contributed by atoms with van der Waals surface area (Å²) < 4.78 is 1.13. The van der Waals surface area contributed by atoms with Crippen LogP contribution in [-0.2, 0) is 13.1 Å². The van der Waals surface area contributed by atoms with Crippen LogP contribution < -0.4 is 5.73 Å². The minimum atomic E-state index is 0.824. The maximum atomic E-state index is 5.81. The first-order valence-electron chi connectivity index (χ1n) is 6.32. The van der Waals surface area contributed by atoms with Gasteiger partial charge in [-0.05, 0) is 54.9 Å². The van der Waals surface area contributed by atoms with Gasteiger partial charge in [0.2, 0.25) is 0 Å². The molecular formula is C16H19BrN2. The van der Waals surface area contributed by atoms with Crippen molar-refractivity contribution in [2.75, 3.05) is 12.8 Å². The van der Waals surface area contributed by atoms with Gasteiger partial charge in [-0.25, -0.2) is 0 Å². The molecule has 0 saturated heterocycles. The van der Waals surface area contributed by atoms with Gasteiger partial charge < -0.3 is 5.73 Å². The summed E-state index contributed by atoms with van der Waals surface area (Å²) in [5.74, 6) is 0. The Morgan fingerprint density at radius 1 is 1.11 bits per heavy atom. The molecule has 0 aromatic heterocycles. The summed E-state index contributed by atoms with van der Waals surface area (Å²) in [5.41, 5.74) is 10.5. The zero-order valence-electron chi connectivity index (χ0n) is 11.4. The molecular weight excluding hydrogens is 300 g/mol. The molecule has 3 heteroatoms. The van der Waals surface area contributed by atoms with Crippen molar-refractivity contribution in [1.82, 2.24) is 4.90 Å². The predicted octanol–water partition coefficient (Wildman–Crippen LogP) is 3.97. The highest BCUT2D eigenvalue weighted by atomic mass is 79.9. The average Bonchev–Trinajstić information content (AvgIpc) is 2.34. The molecule has 0 aliphatic heterocycles. The van der Waals surface area contributed by atoms with Crippen LogP contribution >= 0.6 is 15.9 Å². The van der Waals surface area contributed by atoms with Gasteiger partial charge in [0.15, 0.2) is 0 Å². The SMILES string of the molecule is Cc1ccc(Br)cc1CN(C)Cc1cccc(N)c1. The smallest absolute Gasteiger partial charge is 0.0317 e. The second-order valence-corrected chi connectivity index (χ2v) is 5.90. The second kappa shape index (κ2) is 6.22. The summed E-state index contributed by atoms with van der Waals surface area (Å²) in [5, 5.41) is 0. The first-order valence-corrected chi connectivity index (χ1v) is 7.12. The normalized spacial score (nSPS) is 10.9. The minimum Gasteiger partial charge on any atom is -0.399 e. The topological polar surface area (TPSA) is 29.3 Å². The van der Waals surface area contributed by atoms with Crippen molar-refractivity contribution in [3.63, 3.8) is 0 Å². The lowest BCUT2D eigenvalue weighted by molar-refractivity contribution is 0.318. The second-order valence-electron chi connectivity index (χ2n) is 4.99. The molecule has 2 N–H and O–H groups in total. The van der Waals surface area contributed by atoms with E-state index in [4.69, 9.17) is 5.73 Å². The van der Waals surface area contributed by atoms with Crippen molar-refractivity contribution in [3.8, 4) is 0 Å². The maximum Gasteiger partial charge on any atom is 0.0317 e. The number of halogens is 1. The molecule has 100 valence electrons. The summed E-state index contributed by atoms with van der Waals surface area (Å²) in [4.78, 5) is 2.30. The molecule has 0 aliphatic carbocycles. The van der Waals surface area contributed by atoms with Crippen LogP contribution in [0.5, 0.6) is 0 Å². The van der Waals surface area contributed by atoms with Crippen molar-refractivity contribution in [3.05, 3.63) is 63.6 Å². The number of rotatable bonds is 4. The van der Waals surface area contributed by atoms with Crippen LogP contribution in [0, 0.1) is 6.92 Å². The van der Waals surface area contributed by atoms with Gasteiger partial charge in [-0.1, -0.05) is 34.1 Å². The summed E-state index contributed by atoms with van der Waals surface area (Å²) >= 11 is 3.53. The van der Waals surface area contributed by atoms with Gasteiger partial charge in [0.25, 0.3) is 0 Å². The number of anilines is 1. The van der Waals surface area contributed by atoms with Gasteiger partial charge in [-0.2, -0.15) is 0 Å². The number of hydrogen-bond donors (Lipinski definition) is 1. The Kier molecular flexibility index (Phi) is 4.61. The van der Waals surface area contributed by atoms with E-state index in [9.17, 15) is 0 Å². The van der Waals surface area contributed by atoms with E-state index in [0.717, 1.165) is 23.2 Å². The van der Waals surface area contributed by atoms with Crippen molar-refractivity contribution >= 4 is 21.6 Å². The molecule has 2 aromatic rings. The van der Waals surface area contributed by atoms with Crippen LogP contribution in [0.3, 0.4) is 0 Å². The number of benzene rings is 2. The number of nitrogens with zero attached hydrogens (tertiary/aromatic N) is 1. The molecule has 0 unspecified atom stereocenters. The molecule has 0 radical (unpaired) electrons. The molecule has 0 spiro atoms. The first kappa shape index (κ1) is 14.1. The fraction of sp³-hybridized carbons (Fsp3) is 0.250. The van der Waals surface area contributed by atoms with E-state index in [2.05, 4.69) is 59.1 Å². The van der Waals surface area contributed by atoms with E-state index in [0.29, 0.717) is 0 Å². The van der Waals surface area contributed by atoms with E-state index in [1.165, 1.54) is 16.7 Å². The standard InChI is InChI=1S/C16H19BrN2/c1-12-6-7-15(17)9-14(12)11-19(2)10-13-4-3-5-16(18)8-13/h3-9H,10-11,18H2,1-2H3. The molecule has 0 heterocycles. The van der Waals surface area contributed by atoms with Crippen LogP contribution in [0.1, 0.15) is 16.7 Å². The lowest BCUT2D eigenvalue weighted by Gasteiger charge is -2.18. The van der Waals surface area contributed by atoms with Crippen molar-refractivity contribution in [1.29, 1.82) is 0 Å². The Labute approximate surface area is 123 Å². The van der Waals surface area contributed by atoms with Gasteiger partial charge in [0.05, 0.1) is 0 Å². The number of aryl methyl sites for hydroxylation is 1. The van der Waals surface area contributed by atoms with E-state index >= 15 is 0 Å². The van der Waals surface area contributed by atoms with E-state index < -0.39 is 0 Å². The molecule has 0 aliphatic rings. The lowest BCUT2D eigenvalue weighted by atomic mass is 10.1. The van der Waals surface area contributed by atoms with Crippen LogP contribution in [0.2, 0.25) is 0 Å². The van der Waals surface area contributed by atoms with Gasteiger partial charge in [-0.3, -0.25) is 4.90 Å². The Balaban J connectivity index is 2.05. The lowest BCUT2D eigenvalue weighted by Crippen LogP contribution is -2.17. The van der Waals surface area contributed by atoms with Crippen LogP contribution in [0.4, 0.5) is 5.69 Å². The highest BCUT2D eigenvalue weighted by Crippen LogP contribution is 2.18. The predicted molar refractivity (Wildman–Crippen MR) is 84.9 cm³/mol. The third kappa shape index (κ3) is 4.08. The van der Waals surface area contributed by atoms with Crippen molar-refractivity contribution in [2.45, 2.75) is 20.0 Å². The Hall–Kier alpha value is -1.32. The average molecular weight is 319 g/mol. The molecule has 2 rings (SSSR count). The van der Waals surface area contributed by atoms with E-state index in [-0.39, 0.29) is 0 Å². The Bertz CT molecular complexity index is 566. The quantitative estimate of drug-likeness (QED) is 0.864. The largest absolute Gasteiger partial charge is 0.399 e. The maximum absolute atomic E-state index is 5.81. The zero-order chi connectivity index (χ0) is 13.8. The monoisotopic (exact) mass is 318 g/mol. The molecule has 0 bridgehead atoms. The molecule has 0 fully saturated rings. The number of nitrogen functional groups attached to an aromatic ring is 1. The molecule has 0 atom stereocenters. The third-order valence-corrected chi connectivity index (χ3v) is 3.65. The van der Waals surface area contributed by atoms with Crippen molar-refractivity contribution in [2.24, 2.45) is 0 Å². The fourth-order valence-electron chi connectivity index (χ4n) is 2.16.